The Labute approximate surface area is 169 Å². The van der Waals surface area contributed by atoms with Gasteiger partial charge in [-0.05, 0) is 30.5 Å². The minimum absolute atomic E-state index is 0.101. The van der Waals surface area contributed by atoms with Crippen LogP contribution in [0.3, 0.4) is 0 Å². The number of carbonyl (C=O) groups excluding carboxylic acids is 1. The van der Waals surface area contributed by atoms with Gasteiger partial charge in [0.05, 0.1) is 12.1 Å². The third kappa shape index (κ3) is 2.93. The number of rotatable bonds is 5. The van der Waals surface area contributed by atoms with Crippen molar-refractivity contribution in [1.82, 2.24) is 14.9 Å². The lowest BCUT2D eigenvalue weighted by Gasteiger charge is -2.29. The van der Waals surface area contributed by atoms with Crippen LogP contribution < -0.4 is 11.1 Å². The Balaban J connectivity index is 1.71. The molecule has 1 amide bonds. The summed E-state index contributed by atoms with van der Waals surface area (Å²) in [5.74, 6) is -0.305. The summed E-state index contributed by atoms with van der Waals surface area (Å²) < 4.78 is 2.34. The van der Waals surface area contributed by atoms with E-state index in [1.165, 1.54) is 27.4 Å². The van der Waals surface area contributed by atoms with Crippen LogP contribution in [0.5, 0.6) is 0 Å². The van der Waals surface area contributed by atoms with Gasteiger partial charge in [0.25, 0.3) is 0 Å². The van der Waals surface area contributed by atoms with Crippen LogP contribution in [0.4, 0.5) is 0 Å². The summed E-state index contributed by atoms with van der Waals surface area (Å²) in [7, 11) is 0. The molecule has 0 aliphatic carbocycles. The van der Waals surface area contributed by atoms with Gasteiger partial charge in [0.2, 0.25) is 5.91 Å². The number of H-pyrrole nitrogens is 1. The van der Waals surface area contributed by atoms with E-state index in [4.69, 9.17) is 5.73 Å². The van der Waals surface area contributed by atoms with E-state index < -0.39 is 0 Å². The van der Waals surface area contributed by atoms with Crippen LogP contribution in [0, 0.1) is 0 Å². The number of hydrogen-bond acceptors (Lipinski definition) is 2. The van der Waals surface area contributed by atoms with Crippen LogP contribution >= 0.6 is 0 Å². The molecule has 5 nitrogen and oxygen atoms in total. The zero-order valence-electron chi connectivity index (χ0n) is 16.6. The number of aryl methyl sites for hydroxylation is 1. The number of hydrogen-bond donors (Lipinski definition) is 3. The molecule has 1 aliphatic heterocycles. The summed E-state index contributed by atoms with van der Waals surface area (Å²) in [6.07, 6.45) is 5.15. The van der Waals surface area contributed by atoms with Crippen LogP contribution in [-0.4, -0.2) is 21.5 Å². The number of nitrogens with two attached hydrogens (primary N) is 1. The monoisotopic (exact) mass is 386 g/mol. The fourth-order valence-corrected chi connectivity index (χ4v) is 4.68. The first-order chi connectivity index (χ1) is 14.2. The molecule has 4 aromatic rings. The van der Waals surface area contributed by atoms with E-state index in [1.807, 2.05) is 12.1 Å². The van der Waals surface area contributed by atoms with E-state index >= 15 is 0 Å². The van der Waals surface area contributed by atoms with Crippen molar-refractivity contribution in [2.24, 2.45) is 5.73 Å². The standard InChI is InChI=1S/C24H26N4O/c1-2-3-12-28-14-18(16-9-5-7-11-21(16)28)23-22-17(13-20(27-23)24(25)29)15-8-4-6-10-19(15)26-22/h4-11,14,20,23,26-27H,2-3,12-13H2,1H3,(H2,25,29)/t20-,23?/m1/s1. The Hall–Kier alpha value is -3.05. The molecule has 0 radical (unpaired) electrons. The summed E-state index contributed by atoms with van der Waals surface area (Å²) in [5.41, 5.74) is 11.6. The van der Waals surface area contributed by atoms with Crippen molar-refractivity contribution in [3.8, 4) is 0 Å². The highest BCUT2D eigenvalue weighted by atomic mass is 16.1. The molecule has 5 rings (SSSR count). The van der Waals surface area contributed by atoms with E-state index in [0.717, 1.165) is 30.6 Å². The smallest absolute Gasteiger partial charge is 0.234 e. The van der Waals surface area contributed by atoms with Crippen LogP contribution in [0.25, 0.3) is 21.8 Å². The second kappa shape index (κ2) is 7.08. The van der Waals surface area contributed by atoms with Gasteiger partial charge in [-0.3, -0.25) is 10.1 Å². The first-order valence-electron chi connectivity index (χ1n) is 10.4. The molecule has 0 spiro atoms. The number of nitrogens with zero attached hydrogens (tertiary/aromatic N) is 1. The van der Waals surface area contributed by atoms with Gasteiger partial charge in [-0.1, -0.05) is 49.7 Å². The summed E-state index contributed by atoms with van der Waals surface area (Å²) in [4.78, 5) is 15.8. The molecule has 0 saturated heterocycles. The molecular formula is C24H26N4O. The third-order valence-electron chi connectivity index (χ3n) is 6.14. The fourth-order valence-electron chi connectivity index (χ4n) is 4.68. The lowest BCUT2D eigenvalue weighted by molar-refractivity contribution is -0.120. The average Bonchev–Trinajstić information content (AvgIpc) is 3.30. The summed E-state index contributed by atoms with van der Waals surface area (Å²) in [6.45, 7) is 3.20. The van der Waals surface area contributed by atoms with Gasteiger partial charge in [-0.25, -0.2) is 0 Å². The number of nitrogens with one attached hydrogen (secondary N) is 2. The van der Waals surface area contributed by atoms with Crippen molar-refractivity contribution in [2.45, 2.75) is 44.8 Å². The first-order valence-corrected chi connectivity index (χ1v) is 10.4. The van der Waals surface area contributed by atoms with E-state index in [2.05, 4.69) is 64.4 Å². The van der Waals surface area contributed by atoms with Crippen molar-refractivity contribution >= 4 is 27.7 Å². The maximum absolute atomic E-state index is 12.2. The van der Waals surface area contributed by atoms with Crippen molar-refractivity contribution in [3.63, 3.8) is 0 Å². The average molecular weight is 386 g/mol. The van der Waals surface area contributed by atoms with Gasteiger partial charge in [-0.2, -0.15) is 0 Å². The van der Waals surface area contributed by atoms with Crippen molar-refractivity contribution in [1.29, 1.82) is 0 Å². The Morgan fingerprint density at radius 2 is 1.90 bits per heavy atom. The summed E-state index contributed by atoms with van der Waals surface area (Å²) >= 11 is 0. The van der Waals surface area contributed by atoms with Gasteiger partial charge >= 0.3 is 0 Å². The number of carbonyl (C=O) groups is 1. The number of benzene rings is 2. The molecule has 4 N–H and O–H groups in total. The predicted molar refractivity (Wildman–Crippen MR) is 117 cm³/mol. The second-order valence-corrected chi connectivity index (χ2v) is 7.97. The molecule has 29 heavy (non-hydrogen) atoms. The number of aromatic amines is 1. The minimum Gasteiger partial charge on any atom is -0.368 e. The van der Waals surface area contributed by atoms with Gasteiger partial charge in [0.15, 0.2) is 0 Å². The van der Waals surface area contributed by atoms with Crippen molar-refractivity contribution < 1.29 is 4.79 Å². The second-order valence-electron chi connectivity index (χ2n) is 7.97. The molecular weight excluding hydrogens is 360 g/mol. The van der Waals surface area contributed by atoms with Gasteiger partial charge in [0.1, 0.15) is 0 Å². The van der Waals surface area contributed by atoms with Crippen LogP contribution in [0.15, 0.2) is 54.7 Å². The molecule has 2 aromatic heterocycles. The van der Waals surface area contributed by atoms with Crippen molar-refractivity contribution in [2.75, 3.05) is 0 Å². The number of aromatic nitrogens is 2. The lowest BCUT2D eigenvalue weighted by Crippen LogP contribution is -2.48. The number of amides is 1. The molecule has 0 saturated carbocycles. The maximum atomic E-state index is 12.2. The predicted octanol–water partition coefficient (Wildman–Crippen LogP) is 4.01. The number of primary amides is 1. The largest absolute Gasteiger partial charge is 0.368 e. The lowest BCUT2D eigenvalue weighted by atomic mass is 9.90. The van der Waals surface area contributed by atoms with E-state index in [0.29, 0.717) is 6.42 Å². The van der Waals surface area contributed by atoms with Gasteiger partial charge < -0.3 is 15.3 Å². The Morgan fingerprint density at radius 3 is 2.69 bits per heavy atom. The Bertz CT molecular complexity index is 1200. The Morgan fingerprint density at radius 1 is 1.14 bits per heavy atom. The number of unbranched alkanes of at least 4 members (excludes halogenated alkanes) is 1. The number of fused-ring (bicyclic) bond motifs is 4. The molecule has 0 fully saturated rings. The van der Waals surface area contributed by atoms with Gasteiger partial charge in [0, 0.05) is 45.8 Å². The number of para-hydroxylation sites is 2. The van der Waals surface area contributed by atoms with E-state index in [9.17, 15) is 4.79 Å². The van der Waals surface area contributed by atoms with Crippen LogP contribution in [-0.2, 0) is 17.8 Å². The molecule has 2 atom stereocenters. The third-order valence-corrected chi connectivity index (χ3v) is 6.14. The molecule has 1 unspecified atom stereocenters. The van der Waals surface area contributed by atoms with E-state index in [1.54, 1.807) is 0 Å². The highest BCUT2D eigenvalue weighted by molar-refractivity contribution is 5.90. The molecule has 148 valence electrons. The molecule has 2 aromatic carbocycles. The normalized spacial score (nSPS) is 18.9. The van der Waals surface area contributed by atoms with Crippen molar-refractivity contribution in [3.05, 3.63) is 71.5 Å². The van der Waals surface area contributed by atoms with Crippen LogP contribution in [0.1, 0.15) is 42.6 Å². The molecule has 3 heterocycles. The maximum Gasteiger partial charge on any atom is 0.234 e. The topological polar surface area (TPSA) is 75.8 Å². The summed E-state index contributed by atoms with van der Waals surface area (Å²) in [6, 6.07) is 16.3. The zero-order valence-corrected chi connectivity index (χ0v) is 16.6. The minimum atomic E-state index is -0.385. The zero-order chi connectivity index (χ0) is 20.0. The molecule has 0 bridgehead atoms. The summed E-state index contributed by atoms with van der Waals surface area (Å²) in [5, 5.41) is 5.92. The Kier molecular flexibility index (Phi) is 4.40. The highest BCUT2D eigenvalue weighted by Gasteiger charge is 2.34. The van der Waals surface area contributed by atoms with E-state index in [-0.39, 0.29) is 18.0 Å². The SMILES string of the molecule is CCCCn1cc(C2N[C@@H](C(N)=O)Cc3c2[nH]c2ccccc32)c2ccccc21. The first kappa shape index (κ1) is 18.0. The fraction of sp³-hybridized carbons (Fsp3) is 0.292. The highest BCUT2D eigenvalue weighted by Crippen LogP contribution is 2.38. The molecule has 5 heteroatoms. The molecule has 1 aliphatic rings. The quantitative estimate of drug-likeness (QED) is 0.485. The van der Waals surface area contributed by atoms with Crippen LogP contribution in [0.2, 0.25) is 0 Å². The van der Waals surface area contributed by atoms with Gasteiger partial charge in [-0.15, -0.1) is 0 Å².